The van der Waals surface area contributed by atoms with E-state index in [4.69, 9.17) is 4.99 Å². The van der Waals surface area contributed by atoms with Crippen LogP contribution in [0.25, 0.3) is 0 Å². The fraction of sp³-hybridized carbons (Fsp3) is 0.846. The number of hydrogen-bond acceptors (Lipinski definition) is 2. The van der Waals surface area contributed by atoms with Crippen LogP contribution in [0, 0.1) is 0 Å². The second kappa shape index (κ2) is 17.5. The molecule has 1 rings (SSSR count). The molecule has 0 fully saturated rings. The second-order valence-corrected chi connectivity index (χ2v) is 9.02. The van der Waals surface area contributed by atoms with Crippen molar-refractivity contribution in [2.45, 2.75) is 111 Å². The molecule has 0 bridgehead atoms. The van der Waals surface area contributed by atoms with Gasteiger partial charge < -0.3 is 5.32 Å². The highest BCUT2D eigenvalue weighted by Gasteiger charge is 2.35. The molecule has 174 valence electrons. The summed E-state index contributed by atoms with van der Waals surface area (Å²) in [6, 6.07) is 0. The first kappa shape index (κ1) is 26.9. The molecule has 0 saturated heterocycles. The maximum Gasteiger partial charge on any atom is 0.217 e. The first-order valence-corrected chi connectivity index (χ1v) is 12.9. The molecule has 0 saturated carbocycles. The molecule has 0 aromatic rings. The van der Waals surface area contributed by atoms with Crippen molar-refractivity contribution < 1.29 is 9.28 Å². The van der Waals surface area contributed by atoms with E-state index in [9.17, 15) is 4.79 Å². The van der Waals surface area contributed by atoms with Crippen LogP contribution in [0.1, 0.15) is 111 Å². The van der Waals surface area contributed by atoms with Gasteiger partial charge in [0.25, 0.3) is 0 Å². The number of aliphatic imine (C=N–C) groups is 1. The summed E-state index contributed by atoms with van der Waals surface area (Å²) >= 11 is 0. The number of likely N-dealkylation sites (N-methyl/N-ethyl adjacent to an activating group) is 1. The van der Waals surface area contributed by atoms with Gasteiger partial charge in [0.1, 0.15) is 13.1 Å². The first-order valence-electron chi connectivity index (χ1n) is 12.9. The van der Waals surface area contributed by atoms with Crippen molar-refractivity contribution in [2.24, 2.45) is 4.99 Å². The maximum absolute atomic E-state index is 11.2. The van der Waals surface area contributed by atoms with Crippen molar-refractivity contribution >= 4 is 11.7 Å². The Kier molecular flexibility index (Phi) is 15.7. The number of hydrogen-bond donors (Lipinski definition) is 1. The molecule has 4 heteroatoms. The fourth-order valence-electron chi connectivity index (χ4n) is 4.51. The molecular weight excluding hydrogens is 370 g/mol. The minimum Gasteiger partial charge on any atom is -0.351 e. The van der Waals surface area contributed by atoms with Gasteiger partial charge in [-0.1, -0.05) is 76.9 Å². The van der Waals surface area contributed by atoms with Crippen molar-refractivity contribution in [3.8, 4) is 0 Å². The van der Waals surface area contributed by atoms with Crippen LogP contribution in [0.4, 0.5) is 0 Å². The van der Waals surface area contributed by atoms with Gasteiger partial charge in [0.05, 0.1) is 19.6 Å². The topological polar surface area (TPSA) is 41.5 Å². The molecule has 0 radical (unpaired) electrons. The Morgan fingerprint density at radius 2 is 1.53 bits per heavy atom. The molecule has 1 amide bonds. The van der Waals surface area contributed by atoms with Crippen LogP contribution in [-0.2, 0) is 4.79 Å². The molecule has 1 N–H and O–H groups in total. The molecule has 0 spiro atoms. The molecule has 1 unspecified atom stereocenters. The van der Waals surface area contributed by atoms with E-state index in [2.05, 4.69) is 31.3 Å². The number of carbonyl (C=O) groups is 1. The van der Waals surface area contributed by atoms with Crippen LogP contribution < -0.4 is 5.32 Å². The minimum atomic E-state index is 0.0643. The summed E-state index contributed by atoms with van der Waals surface area (Å²) in [5.74, 6) is 1.42. The third-order valence-electron chi connectivity index (χ3n) is 6.55. The molecule has 1 heterocycles. The lowest BCUT2D eigenvalue weighted by Crippen LogP contribution is -2.54. The highest BCUT2D eigenvalue weighted by atomic mass is 16.1. The minimum absolute atomic E-state index is 0.0643. The number of quaternary nitrogens is 1. The molecule has 0 aromatic heterocycles. The van der Waals surface area contributed by atoms with Crippen LogP contribution in [0.3, 0.4) is 0 Å². The summed E-state index contributed by atoms with van der Waals surface area (Å²) in [7, 11) is 0. The van der Waals surface area contributed by atoms with Crippen LogP contribution >= 0.6 is 0 Å². The molecule has 0 aromatic carbocycles. The van der Waals surface area contributed by atoms with E-state index in [0.717, 1.165) is 50.0 Å². The average Bonchev–Trinajstić information content (AvgIpc) is 3.13. The Hall–Kier alpha value is -1.16. The van der Waals surface area contributed by atoms with Gasteiger partial charge in [-0.15, -0.1) is 0 Å². The lowest BCUT2D eigenvalue weighted by Gasteiger charge is -2.33. The fourth-order valence-corrected chi connectivity index (χ4v) is 4.51. The third-order valence-corrected chi connectivity index (χ3v) is 6.55. The van der Waals surface area contributed by atoms with Crippen LogP contribution in [-0.4, -0.2) is 48.9 Å². The van der Waals surface area contributed by atoms with E-state index in [0.29, 0.717) is 0 Å². The van der Waals surface area contributed by atoms with Crippen molar-refractivity contribution in [1.29, 1.82) is 0 Å². The quantitative estimate of drug-likeness (QED) is 0.146. The van der Waals surface area contributed by atoms with E-state index in [-0.39, 0.29) is 5.91 Å². The van der Waals surface area contributed by atoms with Gasteiger partial charge in [0, 0.05) is 13.3 Å². The number of nitrogens with zero attached hydrogens (tertiary/aromatic N) is 2. The maximum atomic E-state index is 11.2. The standard InChI is InChI=1S/C26H49N3O/c1-4-6-7-8-9-10-11-12-13-14-15-16-17-18-19-20-26-28-22-24-29(26,5-2)23-21-27-25(3)30/h16-17H,4-15,18-24H2,1-3H3/p+1/b17-16+. The van der Waals surface area contributed by atoms with E-state index in [1.807, 2.05) is 0 Å². The third kappa shape index (κ3) is 11.9. The summed E-state index contributed by atoms with van der Waals surface area (Å²) in [5.41, 5.74) is 0. The SMILES string of the molecule is CCCCCCCCCCCC/C=C/CCCC1=NCC[N+]1(CC)CCNC(C)=O. The summed E-state index contributed by atoms with van der Waals surface area (Å²) in [5, 5.41) is 2.95. The highest BCUT2D eigenvalue weighted by Crippen LogP contribution is 2.19. The van der Waals surface area contributed by atoms with Crippen molar-refractivity contribution in [2.75, 3.05) is 32.7 Å². The van der Waals surface area contributed by atoms with E-state index < -0.39 is 0 Å². The zero-order chi connectivity index (χ0) is 21.9. The molecular formula is C26H50N3O+. The van der Waals surface area contributed by atoms with Crippen LogP contribution in [0.5, 0.6) is 0 Å². The predicted molar refractivity (Wildman–Crippen MR) is 131 cm³/mol. The second-order valence-electron chi connectivity index (χ2n) is 9.02. The van der Waals surface area contributed by atoms with Crippen LogP contribution in [0.2, 0.25) is 0 Å². The Balaban J connectivity index is 2.04. The van der Waals surface area contributed by atoms with Crippen LogP contribution in [0.15, 0.2) is 17.1 Å². The smallest absolute Gasteiger partial charge is 0.217 e. The Bertz CT molecular complexity index is 501. The van der Waals surface area contributed by atoms with E-state index >= 15 is 0 Å². The molecule has 1 atom stereocenters. The van der Waals surface area contributed by atoms with Crippen molar-refractivity contribution in [1.82, 2.24) is 5.32 Å². The number of unbranched alkanes of at least 4 members (excludes halogenated alkanes) is 11. The number of allylic oxidation sites excluding steroid dienone is 2. The molecule has 1 aliphatic rings. The van der Waals surface area contributed by atoms with Gasteiger partial charge in [-0.3, -0.25) is 9.28 Å². The zero-order valence-corrected chi connectivity index (χ0v) is 20.4. The van der Waals surface area contributed by atoms with E-state index in [1.165, 1.54) is 82.9 Å². The molecule has 30 heavy (non-hydrogen) atoms. The van der Waals surface area contributed by atoms with Gasteiger partial charge >= 0.3 is 0 Å². The first-order chi connectivity index (χ1) is 14.6. The van der Waals surface area contributed by atoms with Gasteiger partial charge in [-0.25, -0.2) is 4.99 Å². The highest BCUT2D eigenvalue weighted by molar-refractivity contribution is 5.77. The van der Waals surface area contributed by atoms with Crippen molar-refractivity contribution in [3.05, 3.63) is 12.2 Å². The molecule has 4 nitrogen and oxygen atoms in total. The number of carbonyl (C=O) groups excluding carboxylic acids is 1. The zero-order valence-electron chi connectivity index (χ0n) is 20.4. The molecule has 1 aliphatic heterocycles. The summed E-state index contributed by atoms with van der Waals surface area (Å²) in [6.45, 7) is 11.0. The van der Waals surface area contributed by atoms with Gasteiger partial charge in [0.2, 0.25) is 5.91 Å². The summed E-state index contributed by atoms with van der Waals surface area (Å²) in [6.07, 6.45) is 23.5. The average molecular weight is 421 g/mol. The number of rotatable bonds is 19. The van der Waals surface area contributed by atoms with Gasteiger partial charge in [-0.05, 0) is 32.6 Å². The normalized spacial score (nSPS) is 18.8. The summed E-state index contributed by atoms with van der Waals surface area (Å²) < 4.78 is 0.975. The molecule has 0 aliphatic carbocycles. The Morgan fingerprint density at radius 1 is 0.933 bits per heavy atom. The van der Waals surface area contributed by atoms with Gasteiger partial charge in [0.15, 0.2) is 5.84 Å². The van der Waals surface area contributed by atoms with E-state index in [1.54, 1.807) is 6.92 Å². The van der Waals surface area contributed by atoms with Crippen molar-refractivity contribution in [3.63, 3.8) is 0 Å². The predicted octanol–water partition coefficient (Wildman–Crippen LogP) is 6.41. The monoisotopic (exact) mass is 420 g/mol. The number of amides is 1. The van der Waals surface area contributed by atoms with Gasteiger partial charge in [-0.2, -0.15) is 0 Å². The Labute approximate surface area is 187 Å². The largest absolute Gasteiger partial charge is 0.351 e. The number of nitrogens with one attached hydrogen (secondary N) is 1. The Morgan fingerprint density at radius 3 is 2.13 bits per heavy atom. The lowest BCUT2D eigenvalue weighted by atomic mass is 10.1. The number of amidine groups is 1. The summed E-state index contributed by atoms with van der Waals surface area (Å²) in [4.78, 5) is 16.0. The lowest BCUT2D eigenvalue weighted by molar-refractivity contribution is -0.833.